The van der Waals surface area contributed by atoms with Crippen LogP contribution in [0.2, 0.25) is 0 Å². The minimum Gasteiger partial charge on any atom is -0.485 e. The molecule has 0 amide bonds. The molecule has 2 aromatic heterocycles. The lowest BCUT2D eigenvalue weighted by Crippen LogP contribution is -2.21. The van der Waals surface area contributed by atoms with Gasteiger partial charge >= 0.3 is 0 Å². The molecular formula is C43H29N3O2. The van der Waals surface area contributed by atoms with Crippen LogP contribution in [-0.2, 0) is 0 Å². The van der Waals surface area contributed by atoms with Crippen LogP contribution in [0.15, 0.2) is 150 Å². The monoisotopic (exact) mass is 619 g/mol. The lowest BCUT2D eigenvalue weighted by molar-refractivity contribution is 0.271. The van der Waals surface area contributed by atoms with Gasteiger partial charge in [0, 0.05) is 33.4 Å². The van der Waals surface area contributed by atoms with Crippen molar-refractivity contribution in [2.24, 2.45) is 0 Å². The largest absolute Gasteiger partial charge is 0.485 e. The molecule has 0 N–H and O–H groups in total. The summed E-state index contributed by atoms with van der Waals surface area (Å²) in [6.07, 6.45) is 15.6. The van der Waals surface area contributed by atoms with Crippen LogP contribution in [0.4, 0.5) is 0 Å². The first-order valence-electron chi connectivity index (χ1n) is 16.4. The molecule has 5 nitrogen and oxygen atoms in total. The van der Waals surface area contributed by atoms with Crippen LogP contribution in [-0.4, -0.2) is 21.1 Å². The highest BCUT2D eigenvalue weighted by Crippen LogP contribution is 2.49. The van der Waals surface area contributed by atoms with Crippen molar-refractivity contribution in [2.45, 2.75) is 24.4 Å². The topological polar surface area (TPSA) is 61.0 Å². The molecule has 3 aliphatic rings. The number of fused-ring (bicyclic) bond motifs is 7. The summed E-state index contributed by atoms with van der Waals surface area (Å²) in [7, 11) is 0. The second-order valence-electron chi connectivity index (χ2n) is 12.7. The summed E-state index contributed by atoms with van der Waals surface area (Å²) in [5.74, 6) is 3.06. The number of benzene rings is 5. The van der Waals surface area contributed by atoms with Gasteiger partial charge in [-0.25, -0.2) is 15.0 Å². The number of rotatable bonds is 4. The van der Waals surface area contributed by atoms with Crippen LogP contribution in [0.3, 0.4) is 0 Å². The molecule has 3 heterocycles. The highest BCUT2D eigenvalue weighted by molar-refractivity contribution is 6.06. The number of allylic oxidation sites excluding steroid dienone is 6. The Morgan fingerprint density at radius 3 is 2.35 bits per heavy atom. The molecule has 228 valence electrons. The van der Waals surface area contributed by atoms with E-state index in [0.717, 1.165) is 62.2 Å². The third-order valence-electron chi connectivity index (χ3n) is 9.79. The Balaban J connectivity index is 1.07. The van der Waals surface area contributed by atoms with Gasteiger partial charge < -0.3 is 9.15 Å². The molecule has 48 heavy (non-hydrogen) atoms. The van der Waals surface area contributed by atoms with E-state index in [1.165, 1.54) is 16.3 Å². The van der Waals surface area contributed by atoms with Crippen LogP contribution in [0.25, 0.3) is 60.8 Å². The zero-order valence-electron chi connectivity index (χ0n) is 26.0. The van der Waals surface area contributed by atoms with E-state index in [1.807, 2.05) is 30.3 Å². The van der Waals surface area contributed by atoms with E-state index in [1.54, 1.807) is 0 Å². The van der Waals surface area contributed by atoms with Crippen molar-refractivity contribution in [3.05, 3.63) is 163 Å². The average molecular weight is 620 g/mol. The normalized spacial score (nSPS) is 19.4. The summed E-state index contributed by atoms with van der Waals surface area (Å²) < 4.78 is 12.7. The van der Waals surface area contributed by atoms with Crippen molar-refractivity contribution in [1.82, 2.24) is 15.0 Å². The SMILES string of the molecule is C1=CCC(c2nc(C3=CC=C[C@H]4Oc5cc(-c6ccc7ccccc7c6)ccc5C34)nc(-c3ccc4oc5ccccc5c4c3)n2)C=C1. The zero-order valence-corrected chi connectivity index (χ0v) is 26.0. The van der Waals surface area contributed by atoms with Crippen molar-refractivity contribution in [3.63, 3.8) is 0 Å². The van der Waals surface area contributed by atoms with Crippen LogP contribution in [0.1, 0.15) is 35.5 Å². The molecule has 5 aromatic carbocycles. The van der Waals surface area contributed by atoms with E-state index >= 15 is 0 Å². The van der Waals surface area contributed by atoms with Gasteiger partial charge in [-0.2, -0.15) is 0 Å². The smallest absolute Gasteiger partial charge is 0.163 e. The molecular weight excluding hydrogens is 590 g/mol. The third-order valence-corrected chi connectivity index (χ3v) is 9.79. The molecule has 3 atom stereocenters. The first-order chi connectivity index (χ1) is 23.7. The highest BCUT2D eigenvalue weighted by Gasteiger charge is 2.39. The Kier molecular flexibility index (Phi) is 6.06. The molecule has 5 heteroatoms. The summed E-state index contributed by atoms with van der Waals surface area (Å²) in [4.78, 5) is 15.4. The van der Waals surface area contributed by atoms with Crippen LogP contribution < -0.4 is 4.74 Å². The van der Waals surface area contributed by atoms with Gasteiger partial charge in [-0.15, -0.1) is 0 Å². The molecule has 0 saturated carbocycles. The second-order valence-corrected chi connectivity index (χ2v) is 12.7. The fourth-order valence-corrected chi connectivity index (χ4v) is 7.37. The van der Waals surface area contributed by atoms with Crippen molar-refractivity contribution < 1.29 is 9.15 Å². The van der Waals surface area contributed by atoms with Crippen molar-refractivity contribution >= 4 is 38.3 Å². The van der Waals surface area contributed by atoms with Crippen LogP contribution in [0.5, 0.6) is 5.75 Å². The molecule has 0 fully saturated rings. The molecule has 1 aliphatic heterocycles. The maximum absolute atomic E-state index is 6.62. The highest BCUT2D eigenvalue weighted by atomic mass is 16.5. The van der Waals surface area contributed by atoms with Gasteiger partial charge in [0.15, 0.2) is 11.6 Å². The van der Waals surface area contributed by atoms with Crippen LogP contribution in [0, 0.1) is 0 Å². The Morgan fingerprint density at radius 1 is 0.604 bits per heavy atom. The van der Waals surface area contributed by atoms with Crippen molar-refractivity contribution in [2.75, 3.05) is 0 Å². The summed E-state index contributed by atoms with van der Waals surface area (Å²) in [6, 6.07) is 36.0. The summed E-state index contributed by atoms with van der Waals surface area (Å²) in [5.41, 5.74) is 7.14. The predicted molar refractivity (Wildman–Crippen MR) is 192 cm³/mol. The zero-order chi connectivity index (χ0) is 31.6. The Labute approximate surface area is 277 Å². The Bertz CT molecular complexity index is 2550. The van der Waals surface area contributed by atoms with E-state index in [-0.39, 0.29) is 17.9 Å². The van der Waals surface area contributed by atoms with E-state index in [9.17, 15) is 0 Å². The molecule has 0 spiro atoms. The summed E-state index contributed by atoms with van der Waals surface area (Å²) in [6.45, 7) is 0. The number of ether oxygens (including phenoxy) is 1. The third kappa shape index (κ3) is 4.43. The van der Waals surface area contributed by atoms with Gasteiger partial charge in [-0.1, -0.05) is 103 Å². The summed E-state index contributed by atoms with van der Waals surface area (Å²) >= 11 is 0. The molecule has 7 aromatic rings. The molecule has 0 bridgehead atoms. The number of furan rings is 1. The maximum Gasteiger partial charge on any atom is 0.163 e. The minimum atomic E-state index is -0.137. The van der Waals surface area contributed by atoms with Gasteiger partial charge in [0.2, 0.25) is 0 Å². The minimum absolute atomic E-state index is 0.0270. The number of aromatic nitrogens is 3. The van der Waals surface area contributed by atoms with Gasteiger partial charge in [0.25, 0.3) is 0 Å². The van der Waals surface area contributed by atoms with E-state index < -0.39 is 0 Å². The first kappa shape index (κ1) is 27.1. The van der Waals surface area contributed by atoms with Gasteiger partial charge in [-0.05, 0) is 70.8 Å². The molecule has 2 aliphatic carbocycles. The molecule has 2 unspecified atom stereocenters. The number of nitrogens with zero attached hydrogens (tertiary/aromatic N) is 3. The standard InChI is InChI=1S/C43H29N3O2/c1-2-10-27(11-3-1)41-44-42(31-20-22-37-35(24-31)32-13-6-7-15-36(32)47-37)46-43(45-41)34-14-8-16-38-40(34)33-21-19-30(25-39(33)48-38)29-18-17-26-9-4-5-12-28(26)23-29/h1-10,12-25,27,38,40H,11H2/t27?,38-,40?/m1/s1. The number of hydrogen-bond acceptors (Lipinski definition) is 5. The van der Waals surface area contributed by atoms with Crippen LogP contribution >= 0.6 is 0 Å². The van der Waals surface area contributed by atoms with E-state index in [0.29, 0.717) is 11.6 Å². The quantitative estimate of drug-likeness (QED) is 0.196. The van der Waals surface area contributed by atoms with Crippen molar-refractivity contribution in [3.8, 4) is 28.3 Å². The van der Waals surface area contributed by atoms with Gasteiger partial charge in [0.05, 0.1) is 5.92 Å². The lowest BCUT2D eigenvalue weighted by atomic mass is 9.83. The summed E-state index contributed by atoms with van der Waals surface area (Å²) in [5, 5.41) is 4.59. The first-order valence-corrected chi connectivity index (χ1v) is 16.4. The van der Waals surface area contributed by atoms with Gasteiger partial charge in [-0.3, -0.25) is 0 Å². The molecule has 0 radical (unpaired) electrons. The number of para-hydroxylation sites is 1. The fraction of sp³-hybridized carbons (Fsp3) is 0.0930. The van der Waals surface area contributed by atoms with E-state index in [4.69, 9.17) is 24.1 Å². The van der Waals surface area contributed by atoms with E-state index in [2.05, 4.69) is 115 Å². The molecule has 10 rings (SSSR count). The Hall–Kier alpha value is -6.07. The maximum atomic E-state index is 6.62. The Morgan fingerprint density at radius 2 is 1.42 bits per heavy atom. The fourth-order valence-electron chi connectivity index (χ4n) is 7.37. The predicted octanol–water partition coefficient (Wildman–Crippen LogP) is 10.4. The molecule has 0 saturated heterocycles. The second kappa shape index (κ2) is 10.7. The van der Waals surface area contributed by atoms with Crippen molar-refractivity contribution in [1.29, 1.82) is 0 Å². The average Bonchev–Trinajstić information content (AvgIpc) is 3.72. The number of hydrogen-bond donors (Lipinski definition) is 0. The lowest BCUT2D eigenvalue weighted by Gasteiger charge is -2.23. The van der Waals surface area contributed by atoms with Gasteiger partial charge in [0.1, 0.15) is 28.8 Å².